The first-order chi connectivity index (χ1) is 8.09. The predicted octanol–water partition coefficient (Wildman–Crippen LogP) is 3.43. The maximum absolute atomic E-state index is 10.8. The van der Waals surface area contributed by atoms with E-state index in [1.807, 2.05) is 24.4 Å². The van der Waals surface area contributed by atoms with E-state index in [0.717, 1.165) is 10.4 Å². The van der Waals surface area contributed by atoms with Crippen LogP contribution in [-0.4, -0.2) is 10.1 Å². The molecular weight excluding hydrogens is 240 g/mol. The molecule has 0 radical (unpaired) electrons. The smallest absolute Gasteiger partial charge is 0.338 e. The first kappa shape index (κ1) is 11.5. The molecule has 0 aliphatic rings. The van der Waals surface area contributed by atoms with Gasteiger partial charge in [-0.2, -0.15) is 0 Å². The van der Waals surface area contributed by atoms with Crippen molar-refractivity contribution in [2.45, 2.75) is 13.8 Å². The minimum absolute atomic E-state index is 0.0736. The van der Waals surface area contributed by atoms with Crippen LogP contribution >= 0.6 is 11.3 Å². The molecule has 6 heteroatoms. The number of aromatic nitrogens is 1. The largest absolute Gasteiger partial charge is 0.354 e. The van der Waals surface area contributed by atoms with Crippen molar-refractivity contribution in [3.05, 3.63) is 43.5 Å². The van der Waals surface area contributed by atoms with Crippen molar-refractivity contribution in [3.8, 4) is 0 Å². The van der Waals surface area contributed by atoms with Crippen molar-refractivity contribution in [1.82, 2.24) is 5.16 Å². The van der Waals surface area contributed by atoms with Crippen LogP contribution in [0.5, 0.6) is 0 Å². The highest BCUT2D eigenvalue weighted by molar-refractivity contribution is 7.11. The van der Waals surface area contributed by atoms with Gasteiger partial charge in [-0.3, -0.25) is 10.1 Å². The van der Waals surface area contributed by atoms with Crippen LogP contribution in [0.15, 0.2) is 16.0 Å². The van der Waals surface area contributed by atoms with Gasteiger partial charge in [-0.1, -0.05) is 5.16 Å². The molecule has 0 amide bonds. The molecule has 0 spiro atoms. The molecule has 0 aromatic carbocycles. The summed E-state index contributed by atoms with van der Waals surface area (Å²) in [7, 11) is 0. The monoisotopic (exact) mass is 250 g/mol. The third-order valence-electron chi connectivity index (χ3n) is 2.33. The van der Waals surface area contributed by atoms with Gasteiger partial charge in [0.15, 0.2) is 5.69 Å². The maximum Gasteiger partial charge on any atom is 0.338 e. The number of nitrogens with zero attached hydrogens (tertiary/aromatic N) is 2. The van der Waals surface area contributed by atoms with E-state index in [-0.39, 0.29) is 17.1 Å². The summed E-state index contributed by atoms with van der Waals surface area (Å²) >= 11 is 1.57. The quantitative estimate of drug-likeness (QED) is 0.618. The molecular formula is C11H10N2O3S. The molecule has 0 bridgehead atoms. The van der Waals surface area contributed by atoms with Gasteiger partial charge in [0.05, 0.1) is 4.92 Å². The van der Waals surface area contributed by atoms with Crippen molar-refractivity contribution < 1.29 is 9.45 Å². The second-order valence-corrected chi connectivity index (χ2v) is 4.48. The molecule has 88 valence electrons. The van der Waals surface area contributed by atoms with E-state index >= 15 is 0 Å². The number of hydrogen-bond donors (Lipinski definition) is 0. The molecule has 2 aromatic heterocycles. The molecule has 0 saturated carbocycles. The van der Waals surface area contributed by atoms with Crippen molar-refractivity contribution in [1.29, 1.82) is 0 Å². The van der Waals surface area contributed by atoms with E-state index in [4.69, 9.17) is 4.52 Å². The summed E-state index contributed by atoms with van der Waals surface area (Å²) in [6, 6.07) is 1.99. The Hall–Kier alpha value is -1.95. The molecule has 0 unspecified atom stereocenters. The van der Waals surface area contributed by atoms with E-state index < -0.39 is 4.92 Å². The van der Waals surface area contributed by atoms with E-state index in [1.165, 1.54) is 6.92 Å². The number of nitro groups is 1. The Labute approximate surface area is 102 Å². The van der Waals surface area contributed by atoms with Crippen LogP contribution in [0.3, 0.4) is 0 Å². The normalized spacial score (nSPS) is 11.2. The highest BCUT2D eigenvalue weighted by atomic mass is 32.1. The Kier molecular flexibility index (Phi) is 3.06. The number of hydrogen-bond acceptors (Lipinski definition) is 5. The summed E-state index contributed by atoms with van der Waals surface area (Å²) in [6.45, 7) is 3.51. The van der Waals surface area contributed by atoms with Crippen LogP contribution in [0.4, 0.5) is 5.69 Å². The molecule has 0 atom stereocenters. The topological polar surface area (TPSA) is 69.2 Å². The van der Waals surface area contributed by atoms with Gasteiger partial charge in [0.1, 0.15) is 0 Å². The second kappa shape index (κ2) is 4.50. The number of aryl methyl sites for hydroxylation is 2. The molecule has 2 rings (SSSR count). The Bertz CT molecular complexity index is 583. The van der Waals surface area contributed by atoms with Crippen molar-refractivity contribution in [3.63, 3.8) is 0 Å². The Morgan fingerprint density at radius 2 is 2.24 bits per heavy atom. The molecule has 0 saturated heterocycles. The Morgan fingerprint density at radius 1 is 1.47 bits per heavy atom. The molecule has 0 aliphatic carbocycles. The number of thiophene rings is 1. The fraction of sp³-hybridized carbons (Fsp3) is 0.182. The van der Waals surface area contributed by atoms with Gasteiger partial charge < -0.3 is 4.52 Å². The van der Waals surface area contributed by atoms with Gasteiger partial charge in [0, 0.05) is 11.8 Å². The lowest BCUT2D eigenvalue weighted by atomic mass is 10.2. The second-order valence-electron chi connectivity index (χ2n) is 3.53. The lowest BCUT2D eigenvalue weighted by molar-refractivity contribution is -0.386. The SMILES string of the molecule is Cc1ccsc1C=Cc1noc(C)c1[N+](=O)[O-]. The molecule has 0 fully saturated rings. The van der Waals surface area contributed by atoms with Gasteiger partial charge in [-0.05, 0) is 36.1 Å². The Balaban J connectivity index is 2.34. The number of rotatable bonds is 3. The van der Waals surface area contributed by atoms with Crippen molar-refractivity contribution in [2.24, 2.45) is 0 Å². The molecule has 2 aromatic rings. The summed E-state index contributed by atoms with van der Waals surface area (Å²) in [6.07, 6.45) is 3.41. The van der Waals surface area contributed by atoms with E-state index in [9.17, 15) is 10.1 Å². The van der Waals surface area contributed by atoms with Crippen LogP contribution in [-0.2, 0) is 0 Å². The molecule has 0 N–H and O–H groups in total. The van der Waals surface area contributed by atoms with Gasteiger partial charge in [-0.25, -0.2) is 0 Å². The first-order valence-corrected chi connectivity index (χ1v) is 5.80. The fourth-order valence-electron chi connectivity index (χ4n) is 1.43. The van der Waals surface area contributed by atoms with Gasteiger partial charge in [-0.15, -0.1) is 11.3 Å². The van der Waals surface area contributed by atoms with Crippen LogP contribution in [0.25, 0.3) is 12.2 Å². The lowest BCUT2D eigenvalue weighted by Gasteiger charge is -1.89. The van der Waals surface area contributed by atoms with Crippen LogP contribution in [0.1, 0.15) is 21.9 Å². The molecule has 2 heterocycles. The standard InChI is InChI=1S/C11H10N2O3S/c1-7-5-6-17-10(7)4-3-9-11(13(14)15)8(2)16-12-9/h3-6H,1-2H3. The lowest BCUT2D eigenvalue weighted by Crippen LogP contribution is -1.90. The van der Waals surface area contributed by atoms with Crippen LogP contribution in [0, 0.1) is 24.0 Å². The van der Waals surface area contributed by atoms with E-state index in [0.29, 0.717) is 0 Å². The Morgan fingerprint density at radius 3 is 2.82 bits per heavy atom. The summed E-state index contributed by atoms with van der Waals surface area (Å²) in [5.41, 5.74) is 1.31. The minimum atomic E-state index is -0.479. The summed E-state index contributed by atoms with van der Waals surface area (Å²) in [5, 5.41) is 16.4. The molecule has 5 nitrogen and oxygen atoms in total. The van der Waals surface area contributed by atoms with Crippen molar-refractivity contribution in [2.75, 3.05) is 0 Å². The highest BCUT2D eigenvalue weighted by Gasteiger charge is 2.21. The van der Waals surface area contributed by atoms with E-state index in [1.54, 1.807) is 17.4 Å². The molecule has 0 aliphatic heterocycles. The van der Waals surface area contributed by atoms with Crippen LogP contribution in [0.2, 0.25) is 0 Å². The molecule has 17 heavy (non-hydrogen) atoms. The zero-order chi connectivity index (χ0) is 12.4. The van der Waals surface area contributed by atoms with Gasteiger partial charge >= 0.3 is 5.69 Å². The van der Waals surface area contributed by atoms with Gasteiger partial charge in [0.25, 0.3) is 0 Å². The first-order valence-electron chi connectivity index (χ1n) is 4.92. The van der Waals surface area contributed by atoms with Crippen LogP contribution < -0.4 is 0 Å². The average molecular weight is 250 g/mol. The van der Waals surface area contributed by atoms with Gasteiger partial charge in [0.2, 0.25) is 5.76 Å². The average Bonchev–Trinajstić information content (AvgIpc) is 2.82. The third-order valence-corrected chi connectivity index (χ3v) is 3.32. The maximum atomic E-state index is 10.8. The van der Waals surface area contributed by atoms with Crippen molar-refractivity contribution >= 4 is 29.2 Å². The zero-order valence-electron chi connectivity index (χ0n) is 9.34. The minimum Gasteiger partial charge on any atom is -0.354 e. The third kappa shape index (κ3) is 2.26. The summed E-state index contributed by atoms with van der Waals surface area (Å²) in [5.74, 6) is 0.220. The summed E-state index contributed by atoms with van der Waals surface area (Å²) in [4.78, 5) is 11.4. The summed E-state index contributed by atoms with van der Waals surface area (Å²) < 4.78 is 4.82. The highest BCUT2D eigenvalue weighted by Crippen LogP contribution is 2.25. The predicted molar refractivity (Wildman–Crippen MR) is 65.9 cm³/mol. The van der Waals surface area contributed by atoms with E-state index in [2.05, 4.69) is 5.16 Å². The zero-order valence-corrected chi connectivity index (χ0v) is 10.2. The fourth-order valence-corrected chi connectivity index (χ4v) is 2.25.